The van der Waals surface area contributed by atoms with Crippen LogP contribution in [-0.4, -0.2) is 22.9 Å². The molecule has 1 aliphatic rings. The van der Waals surface area contributed by atoms with Crippen molar-refractivity contribution in [2.45, 2.75) is 13.3 Å². The number of nitrogens with zero attached hydrogens (tertiary/aromatic N) is 3. The van der Waals surface area contributed by atoms with Gasteiger partial charge in [0, 0.05) is 0 Å². The van der Waals surface area contributed by atoms with Gasteiger partial charge in [-0.2, -0.15) is 4.40 Å². The summed E-state index contributed by atoms with van der Waals surface area (Å²) >= 11 is 5.17. The zero-order chi connectivity index (χ0) is 10.6. The molecule has 0 aromatic rings. The topological polar surface area (TPSA) is 89.4 Å². The van der Waals surface area contributed by atoms with E-state index in [9.17, 15) is 4.79 Å². The molecule has 0 aromatic heterocycles. The largest absolute Gasteiger partial charge is 0.376 e. The van der Waals surface area contributed by atoms with Gasteiger partial charge in [-0.05, 0) is 18.5 Å². The average Bonchev–Trinajstić information content (AvgIpc) is 2.41. The zero-order valence-electron chi connectivity index (χ0n) is 7.44. The van der Waals surface area contributed by atoms with Crippen LogP contribution in [0.3, 0.4) is 0 Å². The zero-order valence-corrected chi connectivity index (χ0v) is 9.01. The van der Waals surface area contributed by atoms with Crippen molar-refractivity contribution in [1.82, 2.24) is 0 Å². The number of rotatable bonds is 4. The molecule has 2 N–H and O–H groups in total. The predicted molar refractivity (Wildman–Crippen MR) is 56.0 cm³/mol. The van der Waals surface area contributed by atoms with Gasteiger partial charge in [0.25, 0.3) is 0 Å². The van der Waals surface area contributed by atoms with E-state index < -0.39 is 16.1 Å². The molecule has 6 nitrogen and oxygen atoms in total. The molecule has 1 atom stereocenters. The molecule has 1 rings (SSSR count). The van der Waals surface area contributed by atoms with Crippen molar-refractivity contribution in [1.29, 1.82) is 0 Å². The normalized spacial score (nSPS) is 20.9. The summed E-state index contributed by atoms with van der Waals surface area (Å²) in [4.78, 5) is 19.2. The van der Waals surface area contributed by atoms with Crippen molar-refractivity contribution in [2.24, 2.45) is 19.6 Å². The lowest BCUT2D eigenvalue weighted by molar-refractivity contribution is -0.110. The molecule has 0 aliphatic carbocycles. The first-order valence-electron chi connectivity index (χ1n) is 3.81. The van der Waals surface area contributed by atoms with Crippen LogP contribution in [0.2, 0.25) is 0 Å². The highest BCUT2D eigenvalue weighted by atomic mass is 35.5. The van der Waals surface area contributed by atoms with Gasteiger partial charge < -0.3 is 5.73 Å². The van der Waals surface area contributed by atoms with Crippen LogP contribution in [0.4, 0.5) is 0 Å². The van der Waals surface area contributed by atoms with Crippen molar-refractivity contribution in [3.8, 4) is 0 Å². The molecule has 0 saturated carbocycles. The summed E-state index contributed by atoms with van der Waals surface area (Å²) in [5, 5.41) is -0.284. The van der Waals surface area contributed by atoms with Crippen LogP contribution in [0, 0.1) is 0 Å². The smallest absolute Gasteiger partial charge is 0.229 e. The molecule has 0 amide bonds. The number of hydrogen-bond donors (Lipinski definition) is 1. The second-order valence-corrected chi connectivity index (χ2v) is 3.95. The second kappa shape index (κ2) is 5.18. The van der Waals surface area contributed by atoms with Gasteiger partial charge in [-0.3, -0.25) is 4.79 Å². The first-order chi connectivity index (χ1) is 6.63. The maximum Gasteiger partial charge on any atom is 0.229 e. The minimum Gasteiger partial charge on any atom is -0.376 e. The fraction of sp³-hybridized carbons (Fsp3) is 0.500. The molecule has 0 aromatic carbocycles. The summed E-state index contributed by atoms with van der Waals surface area (Å²) < 4.78 is 7.68. The number of carbonyl (C=O) groups excluding carboxylic acids is 1. The lowest BCUT2D eigenvalue weighted by atomic mass is 10.4. The minimum absolute atomic E-state index is 0.0343. The van der Waals surface area contributed by atoms with Crippen molar-refractivity contribution in [3.63, 3.8) is 0 Å². The number of amidine groups is 2. The molecule has 0 saturated heterocycles. The van der Waals surface area contributed by atoms with Crippen LogP contribution in [0.5, 0.6) is 0 Å². The second-order valence-electron chi connectivity index (χ2n) is 2.25. The van der Waals surface area contributed by atoms with E-state index in [0.29, 0.717) is 12.4 Å². The summed E-state index contributed by atoms with van der Waals surface area (Å²) in [6.07, 6.45) is -0.0343. The first kappa shape index (κ1) is 11.3. The van der Waals surface area contributed by atoms with E-state index in [0.717, 1.165) is 0 Å². The Morgan fingerprint density at radius 3 is 3.07 bits per heavy atom. The highest BCUT2D eigenvalue weighted by molar-refractivity contribution is 8.01. The molecular weight excluding hydrogens is 228 g/mol. The van der Waals surface area contributed by atoms with Gasteiger partial charge >= 0.3 is 0 Å². The Balaban J connectivity index is 2.70. The van der Waals surface area contributed by atoms with Crippen LogP contribution in [0.15, 0.2) is 13.9 Å². The maximum absolute atomic E-state index is 10.5. The van der Waals surface area contributed by atoms with Crippen LogP contribution in [0.25, 0.3) is 0 Å². The molecular formula is C6H9ClN4O2S. The van der Waals surface area contributed by atoms with Gasteiger partial charge in [-0.25, -0.2) is 9.83 Å². The summed E-state index contributed by atoms with van der Waals surface area (Å²) in [5.41, 5.74) is 5.51. The van der Waals surface area contributed by atoms with Crippen LogP contribution < -0.4 is 5.73 Å². The molecule has 8 heteroatoms. The third-order valence-electron chi connectivity index (χ3n) is 1.17. The Bertz CT molecular complexity index is 339. The van der Waals surface area contributed by atoms with E-state index in [1.165, 1.54) is 0 Å². The van der Waals surface area contributed by atoms with Gasteiger partial charge in [-0.15, -0.1) is 0 Å². The Hall–Kier alpha value is -0.790. The lowest BCUT2D eigenvalue weighted by Crippen LogP contribution is -2.13. The lowest BCUT2D eigenvalue weighted by Gasteiger charge is -1.92. The Kier molecular flexibility index (Phi) is 4.18. The highest BCUT2D eigenvalue weighted by Gasteiger charge is 2.15. The quantitative estimate of drug-likeness (QED) is 0.571. The van der Waals surface area contributed by atoms with Gasteiger partial charge in [0.05, 0.1) is 13.0 Å². The molecule has 1 heterocycles. The number of hydrogen-bond acceptors (Lipinski definition) is 5. The van der Waals surface area contributed by atoms with Crippen molar-refractivity contribution >= 4 is 38.7 Å². The maximum atomic E-state index is 10.5. The van der Waals surface area contributed by atoms with E-state index in [4.69, 9.17) is 22.2 Å². The van der Waals surface area contributed by atoms with Crippen molar-refractivity contribution < 1.29 is 9.63 Å². The molecule has 78 valence electrons. The van der Waals surface area contributed by atoms with Crippen molar-refractivity contribution in [2.75, 3.05) is 6.61 Å². The number of carbonyl (C=O) groups is 1. The van der Waals surface area contributed by atoms with Gasteiger partial charge in [0.15, 0.2) is 5.17 Å². The monoisotopic (exact) mass is 236 g/mol. The van der Waals surface area contributed by atoms with Gasteiger partial charge in [0.1, 0.15) is 16.7 Å². The third kappa shape index (κ3) is 3.17. The summed E-state index contributed by atoms with van der Waals surface area (Å²) in [6.45, 7) is 2.24. The Morgan fingerprint density at radius 1 is 1.79 bits per heavy atom. The molecule has 1 unspecified atom stereocenters. The number of aliphatic imine (C=N–C) groups is 1. The first-order valence-corrected chi connectivity index (χ1v) is 5.32. The average molecular weight is 237 g/mol. The number of nitrogens with two attached hydrogens (primary N) is 1. The van der Waals surface area contributed by atoms with Gasteiger partial charge in [-0.1, -0.05) is 4.53 Å². The molecule has 1 aliphatic heterocycles. The number of halogens is 1. The highest BCUT2D eigenvalue weighted by Crippen LogP contribution is 2.07. The van der Waals surface area contributed by atoms with Crippen LogP contribution in [0.1, 0.15) is 13.3 Å². The van der Waals surface area contributed by atoms with Gasteiger partial charge in [0.2, 0.25) is 5.24 Å². The summed E-state index contributed by atoms with van der Waals surface area (Å²) in [7, 11) is -0.911. The van der Waals surface area contributed by atoms with E-state index >= 15 is 0 Å². The molecule has 0 bridgehead atoms. The predicted octanol–water partition coefficient (Wildman–Crippen LogP) is 0.537. The molecule has 0 spiro atoms. The van der Waals surface area contributed by atoms with E-state index in [-0.39, 0.29) is 11.6 Å². The Labute approximate surface area is 88.4 Å². The standard InChI is InChI=1S/C6H9ClN4O2S/c1-2-13-11-14-6(8)9-5(10-14)3-4(7)12/h2-3H2,1H3,(H2,8,9,10). The van der Waals surface area contributed by atoms with E-state index in [1.807, 2.05) is 0 Å². The summed E-state index contributed by atoms with van der Waals surface area (Å²) in [6, 6.07) is 0. The van der Waals surface area contributed by atoms with E-state index in [1.54, 1.807) is 6.92 Å². The third-order valence-corrected chi connectivity index (χ3v) is 2.40. The molecule has 0 radical (unpaired) electrons. The minimum atomic E-state index is -0.911. The SMILES string of the molecule is CCO/N=S1\N=C(CC(=O)Cl)N=C1N. The van der Waals surface area contributed by atoms with Crippen LogP contribution >= 0.6 is 11.6 Å². The summed E-state index contributed by atoms with van der Waals surface area (Å²) in [5.74, 6) is 0.300. The fourth-order valence-electron chi connectivity index (χ4n) is 0.689. The van der Waals surface area contributed by atoms with Crippen LogP contribution in [-0.2, 0) is 20.5 Å². The molecule has 14 heavy (non-hydrogen) atoms. The van der Waals surface area contributed by atoms with E-state index in [2.05, 4.69) is 13.9 Å². The van der Waals surface area contributed by atoms with Crippen molar-refractivity contribution in [3.05, 3.63) is 0 Å². The molecule has 0 fully saturated rings. The Morgan fingerprint density at radius 2 is 2.50 bits per heavy atom. The fourth-order valence-corrected chi connectivity index (χ4v) is 1.71.